The highest BCUT2D eigenvalue weighted by Gasteiger charge is 2.11. The molecule has 6 nitrogen and oxygen atoms in total. The Labute approximate surface area is 137 Å². The number of non-ortho nitro benzene ring substituents is 1. The maximum Gasteiger partial charge on any atom is 0.270 e. The summed E-state index contributed by atoms with van der Waals surface area (Å²) < 4.78 is 5.64. The molecule has 0 N–H and O–H groups in total. The maximum atomic E-state index is 10.8. The van der Waals surface area contributed by atoms with E-state index in [1.54, 1.807) is 18.2 Å². The third kappa shape index (κ3) is 3.20. The number of rotatable bonds is 4. The molecular formula is C18H11N3O3. The summed E-state index contributed by atoms with van der Waals surface area (Å²) in [6.45, 7) is 0. The van der Waals surface area contributed by atoms with Crippen molar-refractivity contribution < 1.29 is 9.34 Å². The van der Waals surface area contributed by atoms with Crippen LogP contribution in [0.15, 0.2) is 70.1 Å². The largest absolute Gasteiger partial charge is 0.437 e. The second-order valence-corrected chi connectivity index (χ2v) is 4.92. The van der Waals surface area contributed by atoms with Crippen LogP contribution in [0.4, 0.5) is 11.6 Å². The monoisotopic (exact) mass is 317 g/mol. The fourth-order valence-corrected chi connectivity index (χ4v) is 2.15. The molecule has 0 aliphatic heterocycles. The van der Waals surface area contributed by atoms with Gasteiger partial charge in [-0.15, -0.1) is 0 Å². The third-order valence-electron chi connectivity index (χ3n) is 3.30. The molecule has 0 saturated carbocycles. The molecular weight excluding hydrogens is 306 g/mol. The van der Waals surface area contributed by atoms with Crippen molar-refractivity contribution in [2.75, 3.05) is 0 Å². The molecule has 0 radical (unpaired) electrons. The molecule has 24 heavy (non-hydrogen) atoms. The molecule has 0 spiro atoms. The minimum Gasteiger partial charge on any atom is -0.437 e. The van der Waals surface area contributed by atoms with Gasteiger partial charge >= 0.3 is 0 Å². The Bertz CT molecular complexity index is 953. The van der Waals surface area contributed by atoms with Gasteiger partial charge in [-0.05, 0) is 5.56 Å². The lowest BCUT2D eigenvalue weighted by Gasteiger charge is -1.95. The number of aliphatic imine (C=N–C) groups is 1. The average molecular weight is 317 g/mol. The summed E-state index contributed by atoms with van der Waals surface area (Å²) >= 11 is 0. The molecule has 0 amide bonds. The highest BCUT2D eigenvalue weighted by Crippen LogP contribution is 2.30. The second-order valence-electron chi connectivity index (χ2n) is 4.92. The van der Waals surface area contributed by atoms with Crippen molar-refractivity contribution >= 4 is 17.8 Å². The van der Waals surface area contributed by atoms with E-state index in [1.165, 1.54) is 18.3 Å². The van der Waals surface area contributed by atoms with Crippen molar-refractivity contribution in [2.24, 2.45) is 4.99 Å². The van der Waals surface area contributed by atoms with Gasteiger partial charge in [0.25, 0.3) is 5.69 Å². The molecule has 116 valence electrons. The SMILES string of the molecule is N#Cc1cc(-c2ccccc2)oc1/N=C/c1cccc([N+](=O)[O-])c1. The van der Waals surface area contributed by atoms with Gasteiger partial charge in [0, 0.05) is 30.0 Å². The first-order valence-corrected chi connectivity index (χ1v) is 7.05. The summed E-state index contributed by atoms with van der Waals surface area (Å²) in [6, 6.07) is 19.1. The van der Waals surface area contributed by atoms with Crippen LogP contribution in [0, 0.1) is 21.4 Å². The van der Waals surface area contributed by atoms with Gasteiger partial charge in [-0.1, -0.05) is 42.5 Å². The first kappa shape index (κ1) is 15.2. The lowest BCUT2D eigenvalue weighted by atomic mass is 10.1. The van der Waals surface area contributed by atoms with Crippen LogP contribution in [0.3, 0.4) is 0 Å². The van der Waals surface area contributed by atoms with Gasteiger partial charge in [0.15, 0.2) is 0 Å². The van der Waals surface area contributed by atoms with Gasteiger partial charge in [-0.3, -0.25) is 10.1 Å². The normalized spacial score (nSPS) is 10.6. The first-order valence-electron chi connectivity index (χ1n) is 7.05. The zero-order valence-corrected chi connectivity index (χ0v) is 12.4. The fourth-order valence-electron chi connectivity index (χ4n) is 2.15. The number of nitro benzene ring substituents is 1. The Morgan fingerprint density at radius 1 is 1.12 bits per heavy atom. The van der Waals surface area contributed by atoms with E-state index in [0.29, 0.717) is 16.9 Å². The first-order chi connectivity index (χ1) is 11.7. The van der Waals surface area contributed by atoms with Crippen LogP contribution in [0.25, 0.3) is 11.3 Å². The number of furan rings is 1. The van der Waals surface area contributed by atoms with Crippen LogP contribution in [0.5, 0.6) is 0 Å². The van der Waals surface area contributed by atoms with E-state index >= 15 is 0 Å². The van der Waals surface area contributed by atoms with E-state index in [1.807, 2.05) is 36.4 Å². The summed E-state index contributed by atoms with van der Waals surface area (Å²) in [7, 11) is 0. The van der Waals surface area contributed by atoms with Crippen molar-refractivity contribution in [1.29, 1.82) is 5.26 Å². The van der Waals surface area contributed by atoms with Gasteiger partial charge in [-0.25, -0.2) is 4.99 Å². The molecule has 0 saturated heterocycles. The van der Waals surface area contributed by atoms with Gasteiger partial charge in [0.1, 0.15) is 17.4 Å². The quantitative estimate of drug-likeness (QED) is 0.403. The van der Waals surface area contributed by atoms with Crippen molar-refractivity contribution in [2.45, 2.75) is 0 Å². The van der Waals surface area contributed by atoms with E-state index < -0.39 is 4.92 Å². The molecule has 0 unspecified atom stereocenters. The summed E-state index contributed by atoms with van der Waals surface area (Å²) in [5, 5.41) is 20.0. The lowest BCUT2D eigenvalue weighted by molar-refractivity contribution is -0.384. The highest BCUT2D eigenvalue weighted by molar-refractivity contribution is 5.83. The van der Waals surface area contributed by atoms with E-state index in [0.717, 1.165) is 5.56 Å². The average Bonchev–Trinajstić information content (AvgIpc) is 3.04. The number of hydrogen-bond acceptors (Lipinski definition) is 5. The van der Waals surface area contributed by atoms with E-state index in [9.17, 15) is 15.4 Å². The van der Waals surface area contributed by atoms with Crippen LogP contribution in [0.1, 0.15) is 11.1 Å². The number of nitro groups is 1. The zero-order valence-electron chi connectivity index (χ0n) is 12.4. The predicted octanol–water partition coefficient (Wildman–Crippen LogP) is 4.48. The zero-order chi connectivity index (χ0) is 16.9. The Kier molecular flexibility index (Phi) is 4.17. The predicted molar refractivity (Wildman–Crippen MR) is 89.2 cm³/mol. The summed E-state index contributed by atoms with van der Waals surface area (Å²) in [5.74, 6) is 0.709. The lowest BCUT2D eigenvalue weighted by Crippen LogP contribution is -1.89. The second kappa shape index (κ2) is 6.58. The molecule has 0 aliphatic rings. The molecule has 3 rings (SSSR count). The molecule has 2 aromatic carbocycles. The topological polar surface area (TPSA) is 92.4 Å². The van der Waals surface area contributed by atoms with Crippen molar-refractivity contribution in [3.8, 4) is 17.4 Å². The molecule has 1 aromatic heterocycles. The molecule has 0 bridgehead atoms. The van der Waals surface area contributed by atoms with Crippen LogP contribution in [-0.2, 0) is 0 Å². The molecule has 0 fully saturated rings. The summed E-state index contributed by atoms with van der Waals surface area (Å²) in [5.41, 5.74) is 1.66. The number of benzene rings is 2. The minimum atomic E-state index is -0.474. The Balaban J connectivity index is 1.93. The highest BCUT2D eigenvalue weighted by atomic mass is 16.6. The van der Waals surface area contributed by atoms with Crippen molar-refractivity contribution in [3.63, 3.8) is 0 Å². The van der Waals surface area contributed by atoms with Crippen LogP contribution < -0.4 is 0 Å². The number of nitrogens with zero attached hydrogens (tertiary/aromatic N) is 3. The third-order valence-corrected chi connectivity index (χ3v) is 3.30. The molecule has 0 atom stereocenters. The van der Waals surface area contributed by atoms with Gasteiger partial charge in [0.2, 0.25) is 5.88 Å². The smallest absolute Gasteiger partial charge is 0.270 e. The van der Waals surface area contributed by atoms with E-state index in [4.69, 9.17) is 4.42 Å². The standard InChI is InChI=1S/C18H11N3O3/c19-11-15-10-17(14-6-2-1-3-7-14)24-18(15)20-12-13-5-4-8-16(9-13)21(22)23/h1-10,12H/b20-12+. The Morgan fingerprint density at radius 2 is 1.92 bits per heavy atom. The molecule has 3 aromatic rings. The van der Waals surface area contributed by atoms with E-state index in [2.05, 4.69) is 4.99 Å². The van der Waals surface area contributed by atoms with Crippen molar-refractivity contribution in [1.82, 2.24) is 0 Å². The number of nitriles is 1. The maximum absolute atomic E-state index is 10.8. The van der Waals surface area contributed by atoms with Crippen LogP contribution in [0.2, 0.25) is 0 Å². The fraction of sp³-hybridized carbons (Fsp3) is 0. The van der Waals surface area contributed by atoms with Gasteiger partial charge in [-0.2, -0.15) is 5.26 Å². The van der Waals surface area contributed by atoms with E-state index in [-0.39, 0.29) is 11.6 Å². The van der Waals surface area contributed by atoms with Crippen LogP contribution >= 0.6 is 0 Å². The van der Waals surface area contributed by atoms with Crippen molar-refractivity contribution in [3.05, 3.63) is 81.9 Å². The summed E-state index contributed by atoms with van der Waals surface area (Å²) in [4.78, 5) is 14.5. The minimum absolute atomic E-state index is 0.0242. The molecule has 6 heteroatoms. The van der Waals surface area contributed by atoms with Crippen LogP contribution in [-0.4, -0.2) is 11.1 Å². The molecule has 0 aliphatic carbocycles. The molecule has 1 heterocycles. The number of hydrogen-bond donors (Lipinski definition) is 0. The van der Waals surface area contributed by atoms with Gasteiger partial charge in [0.05, 0.1) is 4.92 Å². The Morgan fingerprint density at radius 3 is 2.62 bits per heavy atom. The van der Waals surface area contributed by atoms with Gasteiger partial charge < -0.3 is 4.42 Å². The summed E-state index contributed by atoms with van der Waals surface area (Å²) in [6.07, 6.45) is 1.43. The Hall–Kier alpha value is -3.72.